The predicted molar refractivity (Wildman–Crippen MR) is 126 cm³/mol. The molecular weight excluding hydrogens is 414 g/mol. The maximum atomic E-state index is 13.8. The summed E-state index contributed by atoms with van der Waals surface area (Å²) in [4.78, 5) is 25.7. The first-order valence-electron chi connectivity index (χ1n) is 12.0. The molecule has 3 aliphatic rings. The molecule has 1 aromatic heterocycles. The largest absolute Gasteiger partial charge is 0.381 e. The zero-order valence-electron chi connectivity index (χ0n) is 19.2. The number of rotatable bonds is 4. The summed E-state index contributed by atoms with van der Waals surface area (Å²) < 4.78 is 7.91. The molecule has 0 aliphatic carbocycles. The van der Waals surface area contributed by atoms with Gasteiger partial charge in [0.25, 0.3) is 0 Å². The molecule has 0 radical (unpaired) electrons. The van der Waals surface area contributed by atoms with Crippen LogP contribution in [-0.2, 0) is 29.7 Å². The highest BCUT2D eigenvalue weighted by Gasteiger charge is 2.58. The lowest BCUT2D eigenvalue weighted by Gasteiger charge is -2.49. The first kappa shape index (κ1) is 20.8. The molecular formula is C26H31N5O2. The number of benzene rings is 2. The van der Waals surface area contributed by atoms with Gasteiger partial charge >= 0.3 is 0 Å². The molecule has 7 nitrogen and oxygen atoms in total. The summed E-state index contributed by atoms with van der Waals surface area (Å²) in [5, 5.41) is 0. The molecule has 3 fully saturated rings. The number of nitrogens with zero attached hydrogens (tertiary/aromatic N) is 5. The van der Waals surface area contributed by atoms with Crippen molar-refractivity contribution in [3.63, 3.8) is 0 Å². The molecule has 7 heteroatoms. The Morgan fingerprint density at radius 3 is 2.55 bits per heavy atom. The van der Waals surface area contributed by atoms with Gasteiger partial charge in [-0.25, -0.2) is 4.98 Å². The molecule has 3 aliphatic heterocycles. The van der Waals surface area contributed by atoms with E-state index < -0.39 is 0 Å². The van der Waals surface area contributed by atoms with Crippen LogP contribution < -0.4 is 0 Å². The van der Waals surface area contributed by atoms with Crippen LogP contribution in [0.2, 0.25) is 0 Å². The summed E-state index contributed by atoms with van der Waals surface area (Å²) in [5.74, 6) is 1.31. The molecule has 1 amide bonds. The minimum atomic E-state index is -0.222. The Bertz CT molecular complexity index is 1150. The van der Waals surface area contributed by atoms with Gasteiger partial charge in [-0.05, 0) is 17.7 Å². The quantitative estimate of drug-likeness (QED) is 0.618. The van der Waals surface area contributed by atoms with Crippen molar-refractivity contribution in [1.82, 2.24) is 24.3 Å². The average Bonchev–Trinajstić information content (AvgIpc) is 3.28. The van der Waals surface area contributed by atoms with Crippen LogP contribution in [0.15, 0.2) is 54.6 Å². The summed E-state index contributed by atoms with van der Waals surface area (Å²) in [6.45, 7) is 5.43. The maximum Gasteiger partial charge on any atom is 0.243 e. The van der Waals surface area contributed by atoms with Crippen molar-refractivity contribution in [1.29, 1.82) is 0 Å². The minimum absolute atomic E-state index is 0.102. The normalized spacial score (nSPS) is 23.5. The number of carbonyl (C=O) groups excluding carboxylic acids is 1. The third kappa shape index (κ3) is 3.46. The Balaban J connectivity index is 1.26. The first-order chi connectivity index (χ1) is 16.2. The molecule has 1 spiro atoms. The topological polar surface area (TPSA) is 53.8 Å². The van der Waals surface area contributed by atoms with Gasteiger partial charge in [-0.15, -0.1) is 0 Å². The number of aromatic nitrogens is 2. The zero-order chi connectivity index (χ0) is 22.4. The van der Waals surface area contributed by atoms with E-state index >= 15 is 0 Å². The van der Waals surface area contributed by atoms with E-state index in [0.29, 0.717) is 19.8 Å². The monoisotopic (exact) mass is 445 g/mol. The molecule has 6 rings (SSSR count). The summed E-state index contributed by atoms with van der Waals surface area (Å²) in [5.41, 5.74) is 3.15. The van der Waals surface area contributed by atoms with Crippen molar-refractivity contribution in [2.75, 3.05) is 32.8 Å². The Hall–Kier alpha value is -2.74. The van der Waals surface area contributed by atoms with Crippen LogP contribution in [0.5, 0.6) is 0 Å². The summed E-state index contributed by atoms with van der Waals surface area (Å²) >= 11 is 0. The Kier molecular flexibility index (Phi) is 5.20. The van der Waals surface area contributed by atoms with Crippen LogP contribution >= 0.6 is 0 Å². The van der Waals surface area contributed by atoms with Gasteiger partial charge in [-0.2, -0.15) is 0 Å². The van der Waals surface area contributed by atoms with E-state index in [0.717, 1.165) is 55.9 Å². The molecule has 3 saturated heterocycles. The van der Waals surface area contributed by atoms with Gasteiger partial charge in [-0.3, -0.25) is 14.6 Å². The number of hydrogen-bond donors (Lipinski definition) is 0. The molecule has 0 N–H and O–H groups in total. The van der Waals surface area contributed by atoms with Crippen molar-refractivity contribution in [2.45, 2.75) is 37.6 Å². The molecule has 4 heterocycles. The molecule has 33 heavy (non-hydrogen) atoms. The van der Waals surface area contributed by atoms with Gasteiger partial charge < -0.3 is 14.2 Å². The van der Waals surface area contributed by atoms with Crippen LogP contribution in [0.3, 0.4) is 0 Å². The number of ether oxygens (including phenoxy) is 1. The number of fused-ring (bicyclic) bond motifs is 3. The predicted octanol–water partition coefficient (Wildman–Crippen LogP) is 2.61. The standard InChI is InChI=1S/C26H31N5O2/c1-28-22-10-6-5-9-21(22)27-24(28)19-29-13-14-30-23(18-29)25(32)31(17-20-7-3-2-4-8-20)26(30)11-15-33-16-12-26/h2-10,23H,11-19H2,1H3/t23-/m1/s1. The van der Waals surface area contributed by atoms with Crippen molar-refractivity contribution >= 4 is 16.9 Å². The van der Waals surface area contributed by atoms with Gasteiger partial charge in [0, 0.05) is 46.1 Å². The van der Waals surface area contributed by atoms with Crippen molar-refractivity contribution in [3.05, 3.63) is 66.0 Å². The Labute approximate surface area is 194 Å². The third-order valence-corrected chi connectivity index (χ3v) is 7.77. The number of amides is 1. The highest BCUT2D eigenvalue weighted by atomic mass is 16.5. The van der Waals surface area contributed by atoms with Crippen LogP contribution in [0, 0.1) is 0 Å². The molecule has 1 atom stereocenters. The van der Waals surface area contributed by atoms with E-state index in [9.17, 15) is 4.79 Å². The molecule has 172 valence electrons. The molecule has 0 bridgehead atoms. The summed E-state index contributed by atoms with van der Waals surface area (Å²) in [6, 6.07) is 18.5. The van der Waals surface area contributed by atoms with Crippen molar-refractivity contribution in [2.24, 2.45) is 7.05 Å². The van der Waals surface area contributed by atoms with Crippen molar-refractivity contribution in [3.8, 4) is 0 Å². The number of para-hydroxylation sites is 2. The molecule has 2 aromatic carbocycles. The minimum Gasteiger partial charge on any atom is -0.381 e. The molecule has 0 saturated carbocycles. The van der Waals surface area contributed by atoms with E-state index in [1.807, 2.05) is 12.1 Å². The van der Waals surface area contributed by atoms with Crippen LogP contribution in [-0.4, -0.2) is 74.7 Å². The summed E-state index contributed by atoms with van der Waals surface area (Å²) in [7, 11) is 2.08. The lowest BCUT2D eigenvalue weighted by Crippen LogP contribution is -2.61. The zero-order valence-corrected chi connectivity index (χ0v) is 19.2. The van der Waals surface area contributed by atoms with Gasteiger partial charge in [0.1, 0.15) is 17.5 Å². The number of carbonyl (C=O) groups is 1. The summed E-state index contributed by atoms with van der Waals surface area (Å²) in [6.07, 6.45) is 1.76. The fraction of sp³-hybridized carbons (Fsp3) is 0.462. The van der Waals surface area contributed by atoms with Crippen LogP contribution in [0.25, 0.3) is 11.0 Å². The van der Waals surface area contributed by atoms with Crippen LogP contribution in [0.4, 0.5) is 0 Å². The van der Waals surface area contributed by atoms with E-state index in [-0.39, 0.29) is 17.6 Å². The number of imidazole rings is 1. The first-order valence-corrected chi connectivity index (χ1v) is 12.0. The lowest BCUT2D eigenvalue weighted by molar-refractivity contribution is -0.137. The second kappa shape index (κ2) is 8.24. The molecule has 3 aromatic rings. The highest BCUT2D eigenvalue weighted by molar-refractivity contribution is 5.85. The Morgan fingerprint density at radius 1 is 1.00 bits per heavy atom. The van der Waals surface area contributed by atoms with Gasteiger partial charge in [-0.1, -0.05) is 42.5 Å². The molecule has 0 unspecified atom stereocenters. The fourth-order valence-corrected chi connectivity index (χ4v) is 6.02. The Morgan fingerprint density at radius 2 is 1.76 bits per heavy atom. The van der Waals surface area contributed by atoms with Gasteiger partial charge in [0.05, 0.1) is 30.8 Å². The second-order valence-electron chi connectivity index (χ2n) is 9.52. The second-order valence-corrected chi connectivity index (χ2v) is 9.52. The maximum absolute atomic E-state index is 13.8. The SMILES string of the molecule is Cn1c(CN2CCN3[C@H](C2)C(=O)N(Cc2ccccc2)C32CCOCC2)nc2ccccc21. The van der Waals surface area contributed by atoms with E-state index in [2.05, 4.69) is 68.8 Å². The van der Waals surface area contributed by atoms with Gasteiger partial charge in [0.15, 0.2) is 0 Å². The van der Waals surface area contributed by atoms with Crippen LogP contribution in [0.1, 0.15) is 24.2 Å². The van der Waals surface area contributed by atoms with Crippen molar-refractivity contribution < 1.29 is 9.53 Å². The average molecular weight is 446 g/mol. The smallest absolute Gasteiger partial charge is 0.243 e. The number of hydrogen-bond acceptors (Lipinski definition) is 5. The van der Waals surface area contributed by atoms with Gasteiger partial charge in [0.2, 0.25) is 5.91 Å². The van der Waals surface area contributed by atoms with E-state index in [4.69, 9.17) is 9.72 Å². The fourth-order valence-electron chi connectivity index (χ4n) is 6.02. The third-order valence-electron chi connectivity index (χ3n) is 7.77. The van der Waals surface area contributed by atoms with E-state index in [1.54, 1.807) is 0 Å². The van der Waals surface area contributed by atoms with E-state index in [1.165, 1.54) is 5.56 Å². The highest BCUT2D eigenvalue weighted by Crippen LogP contribution is 2.42. The number of piperazine rings is 1. The number of aryl methyl sites for hydroxylation is 1. The lowest BCUT2D eigenvalue weighted by atomic mass is 9.96.